The van der Waals surface area contributed by atoms with Gasteiger partial charge in [-0.2, -0.15) is 0 Å². The fraction of sp³-hybridized carbons (Fsp3) is 0.714. The van der Waals surface area contributed by atoms with Gasteiger partial charge in [0.1, 0.15) is 17.3 Å². The van der Waals surface area contributed by atoms with Gasteiger partial charge in [0.25, 0.3) is 0 Å². The van der Waals surface area contributed by atoms with Crippen molar-refractivity contribution in [3.63, 3.8) is 0 Å². The van der Waals surface area contributed by atoms with Crippen molar-refractivity contribution in [3.8, 4) is 0 Å². The molecule has 0 aliphatic carbocycles. The zero-order valence-corrected chi connectivity index (χ0v) is 12.9. The van der Waals surface area contributed by atoms with Crippen molar-refractivity contribution < 1.29 is 5.11 Å². The molecule has 5 heteroatoms. The van der Waals surface area contributed by atoms with Crippen molar-refractivity contribution in [3.05, 3.63) is 17.0 Å². The molecule has 108 valence electrons. The Morgan fingerprint density at radius 3 is 2.42 bits per heavy atom. The molecule has 0 saturated heterocycles. The van der Waals surface area contributed by atoms with Gasteiger partial charge in [0.2, 0.25) is 0 Å². The summed E-state index contributed by atoms with van der Waals surface area (Å²) >= 11 is 6.10. The molecular weight excluding hydrogens is 262 g/mol. The monoisotopic (exact) mass is 285 g/mol. The first-order chi connectivity index (χ1) is 9.01. The lowest BCUT2D eigenvalue weighted by Gasteiger charge is -2.22. The van der Waals surface area contributed by atoms with E-state index in [9.17, 15) is 5.11 Å². The zero-order valence-electron chi connectivity index (χ0n) is 12.2. The molecule has 0 saturated carbocycles. The fourth-order valence-electron chi connectivity index (χ4n) is 2.23. The first kappa shape index (κ1) is 16.2. The predicted octanol–water partition coefficient (Wildman–Crippen LogP) is 3.46. The van der Waals surface area contributed by atoms with E-state index in [1.54, 1.807) is 0 Å². The van der Waals surface area contributed by atoms with Crippen LogP contribution < -0.4 is 5.32 Å². The quantitative estimate of drug-likeness (QED) is 0.753. The molecule has 1 aromatic rings. The number of aliphatic hydroxyl groups excluding tert-OH is 1. The molecule has 0 amide bonds. The summed E-state index contributed by atoms with van der Waals surface area (Å²) in [5.74, 6) is 1.27. The van der Waals surface area contributed by atoms with Crippen molar-refractivity contribution in [2.24, 2.45) is 5.92 Å². The molecule has 1 atom stereocenters. The highest BCUT2D eigenvalue weighted by Gasteiger charge is 2.18. The largest absolute Gasteiger partial charge is 0.391 e. The van der Waals surface area contributed by atoms with E-state index in [1.165, 1.54) is 6.33 Å². The summed E-state index contributed by atoms with van der Waals surface area (Å²) in [6.45, 7) is 8.77. The maximum absolute atomic E-state index is 10.1. The highest BCUT2D eigenvalue weighted by molar-refractivity contribution is 6.30. The van der Waals surface area contributed by atoms with E-state index in [0.29, 0.717) is 17.6 Å². The normalized spacial score (nSPS) is 13.1. The summed E-state index contributed by atoms with van der Waals surface area (Å²) in [6, 6.07) is 0. The van der Waals surface area contributed by atoms with Crippen LogP contribution in [-0.2, 0) is 0 Å². The van der Waals surface area contributed by atoms with Crippen LogP contribution >= 0.6 is 11.6 Å². The Bertz CT molecular complexity index is 394. The van der Waals surface area contributed by atoms with Crippen molar-refractivity contribution in [2.45, 2.75) is 52.6 Å². The van der Waals surface area contributed by atoms with Crippen LogP contribution in [0.25, 0.3) is 0 Å². The second-order valence-electron chi connectivity index (χ2n) is 5.11. The number of aliphatic hydroxyl groups is 1. The topological polar surface area (TPSA) is 58.0 Å². The van der Waals surface area contributed by atoms with Gasteiger partial charge < -0.3 is 10.4 Å². The first-order valence-corrected chi connectivity index (χ1v) is 7.31. The molecule has 1 aromatic heterocycles. The molecule has 0 bridgehead atoms. The van der Waals surface area contributed by atoms with Crippen LogP contribution in [0.4, 0.5) is 5.82 Å². The SMILES string of the molecule is CCC(CC)C(O)CNc1ncnc(Cl)c1C(C)C. The molecule has 0 aliphatic rings. The van der Waals surface area contributed by atoms with Gasteiger partial charge in [-0.15, -0.1) is 0 Å². The van der Waals surface area contributed by atoms with E-state index in [4.69, 9.17) is 11.6 Å². The molecule has 0 fully saturated rings. The van der Waals surface area contributed by atoms with Gasteiger partial charge in [-0.1, -0.05) is 52.1 Å². The third-order valence-corrected chi connectivity index (χ3v) is 3.79. The van der Waals surface area contributed by atoms with Crippen LogP contribution in [0.3, 0.4) is 0 Å². The summed E-state index contributed by atoms with van der Waals surface area (Å²) in [7, 11) is 0. The molecule has 0 spiro atoms. The number of nitrogens with one attached hydrogen (secondary N) is 1. The second kappa shape index (κ2) is 7.65. The maximum Gasteiger partial charge on any atom is 0.138 e. The first-order valence-electron chi connectivity index (χ1n) is 6.93. The smallest absolute Gasteiger partial charge is 0.138 e. The van der Waals surface area contributed by atoms with Crippen LogP contribution in [0.5, 0.6) is 0 Å². The molecule has 0 radical (unpaired) electrons. The van der Waals surface area contributed by atoms with Crippen molar-refractivity contribution in [1.29, 1.82) is 0 Å². The van der Waals surface area contributed by atoms with Gasteiger partial charge in [0.15, 0.2) is 0 Å². The summed E-state index contributed by atoms with van der Waals surface area (Å²) in [6.07, 6.45) is 3.02. The van der Waals surface area contributed by atoms with Crippen LogP contribution in [0.2, 0.25) is 5.15 Å². The zero-order chi connectivity index (χ0) is 14.4. The number of hydrogen-bond acceptors (Lipinski definition) is 4. The van der Waals surface area contributed by atoms with Crippen molar-refractivity contribution >= 4 is 17.4 Å². The minimum atomic E-state index is -0.372. The Balaban J connectivity index is 2.75. The maximum atomic E-state index is 10.1. The molecule has 1 rings (SSSR count). The Kier molecular flexibility index (Phi) is 6.52. The number of rotatable bonds is 7. The number of halogens is 1. The van der Waals surface area contributed by atoms with E-state index < -0.39 is 0 Å². The summed E-state index contributed by atoms with van der Waals surface area (Å²) in [4.78, 5) is 8.23. The van der Waals surface area contributed by atoms with Gasteiger partial charge in [-0.05, 0) is 11.8 Å². The molecule has 4 nitrogen and oxygen atoms in total. The molecule has 2 N–H and O–H groups in total. The fourth-order valence-corrected chi connectivity index (χ4v) is 2.58. The molecule has 0 aromatic carbocycles. The number of nitrogens with zero attached hydrogens (tertiary/aromatic N) is 2. The van der Waals surface area contributed by atoms with Gasteiger partial charge in [-0.3, -0.25) is 0 Å². The van der Waals surface area contributed by atoms with Gasteiger partial charge >= 0.3 is 0 Å². The Labute approximate surface area is 120 Å². The highest BCUT2D eigenvalue weighted by atomic mass is 35.5. The Morgan fingerprint density at radius 1 is 1.26 bits per heavy atom. The molecule has 0 aliphatic heterocycles. The van der Waals surface area contributed by atoms with E-state index in [0.717, 1.165) is 24.2 Å². The number of aromatic nitrogens is 2. The molecule has 19 heavy (non-hydrogen) atoms. The lowest BCUT2D eigenvalue weighted by Crippen LogP contribution is -2.28. The van der Waals surface area contributed by atoms with E-state index in [-0.39, 0.29) is 12.0 Å². The summed E-state index contributed by atoms with van der Waals surface area (Å²) in [5.41, 5.74) is 0.904. The summed E-state index contributed by atoms with van der Waals surface area (Å²) < 4.78 is 0. The predicted molar refractivity (Wildman–Crippen MR) is 79.7 cm³/mol. The van der Waals surface area contributed by atoms with Gasteiger partial charge in [0.05, 0.1) is 6.10 Å². The lowest BCUT2D eigenvalue weighted by molar-refractivity contribution is 0.114. The second-order valence-corrected chi connectivity index (χ2v) is 5.46. The Morgan fingerprint density at radius 2 is 1.89 bits per heavy atom. The minimum absolute atomic E-state index is 0.237. The third-order valence-electron chi connectivity index (χ3n) is 3.48. The van der Waals surface area contributed by atoms with Gasteiger partial charge in [0, 0.05) is 12.1 Å². The Hall–Kier alpha value is -0.870. The standard InChI is InChI=1S/C14H24ClN3O/c1-5-10(6-2)11(19)7-16-14-12(9(3)4)13(15)17-8-18-14/h8-11,19H,5-7H2,1-4H3,(H,16,17,18). The highest BCUT2D eigenvalue weighted by Crippen LogP contribution is 2.28. The molecule has 1 heterocycles. The number of anilines is 1. The van der Waals surface area contributed by atoms with E-state index in [1.807, 2.05) is 13.8 Å². The van der Waals surface area contributed by atoms with E-state index >= 15 is 0 Å². The lowest BCUT2D eigenvalue weighted by atomic mass is 9.96. The average Bonchev–Trinajstić information content (AvgIpc) is 2.37. The van der Waals surface area contributed by atoms with E-state index in [2.05, 4.69) is 29.1 Å². The van der Waals surface area contributed by atoms with Crippen LogP contribution in [0.1, 0.15) is 52.0 Å². The van der Waals surface area contributed by atoms with Crippen LogP contribution in [0, 0.1) is 5.92 Å². The van der Waals surface area contributed by atoms with Crippen LogP contribution in [-0.4, -0.2) is 27.7 Å². The number of hydrogen-bond donors (Lipinski definition) is 2. The van der Waals surface area contributed by atoms with Crippen LogP contribution in [0.15, 0.2) is 6.33 Å². The average molecular weight is 286 g/mol. The van der Waals surface area contributed by atoms with Crippen molar-refractivity contribution in [2.75, 3.05) is 11.9 Å². The summed E-state index contributed by atoms with van der Waals surface area (Å²) in [5, 5.41) is 13.8. The van der Waals surface area contributed by atoms with Gasteiger partial charge in [-0.25, -0.2) is 9.97 Å². The third kappa shape index (κ3) is 4.32. The minimum Gasteiger partial charge on any atom is -0.391 e. The molecule has 1 unspecified atom stereocenters. The van der Waals surface area contributed by atoms with Crippen molar-refractivity contribution in [1.82, 2.24) is 9.97 Å². The molecular formula is C14H24ClN3O.